The van der Waals surface area contributed by atoms with E-state index in [1.54, 1.807) is 0 Å². The van der Waals surface area contributed by atoms with Gasteiger partial charge in [-0.2, -0.15) is 0 Å². The van der Waals surface area contributed by atoms with Crippen molar-refractivity contribution < 1.29 is 4.74 Å². The number of epoxide rings is 1. The average Bonchev–Trinajstić information content (AvgIpc) is 2.64. The van der Waals surface area contributed by atoms with Crippen molar-refractivity contribution in [1.29, 1.82) is 0 Å². The van der Waals surface area contributed by atoms with Gasteiger partial charge in [-0.25, -0.2) is 0 Å². The molecule has 0 spiro atoms. The summed E-state index contributed by atoms with van der Waals surface area (Å²) in [6, 6.07) is 0. The van der Waals surface area contributed by atoms with Gasteiger partial charge in [0.25, 0.3) is 0 Å². The molecule has 0 aromatic heterocycles. The van der Waals surface area contributed by atoms with Crippen molar-refractivity contribution in [2.45, 2.75) is 32.8 Å². The summed E-state index contributed by atoms with van der Waals surface area (Å²) in [5.41, 5.74) is 1.36. The van der Waals surface area contributed by atoms with Gasteiger partial charge in [0.2, 0.25) is 0 Å². The van der Waals surface area contributed by atoms with Crippen LogP contribution in [-0.4, -0.2) is 12.7 Å². The minimum absolute atomic E-state index is 0.565. The van der Waals surface area contributed by atoms with Crippen LogP contribution in [0, 0.1) is 5.92 Å². The largest absolute Gasteiger partial charge is 0.373 e. The summed E-state index contributed by atoms with van der Waals surface area (Å²) >= 11 is 0. The highest BCUT2D eigenvalue weighted by atomic mass is 16.6. The number of ether oxygens (including phenoxy) is 1. The van der Waals surface area contributed by atoms with Gasteiger partial charge in [0.1, 0.15) is 0 Å². The molecule has 1 fully saturated rings. The quantitative estimate of drug-likeness (QED) is 0.431. The normalized spacial score (nSPS) is 23.3. The van der Waals surface area contributed by atoms with Gasteiger partial charge in [-0.05, 0) is 18.8 Å². The summed E-state index contributed by atoms with van der Waals surface area (Å²) in [6.45, 7) is 9.36. The van der Waals surface area contributed by atoms with Gasteiger partial charge in [-0.3, -0.25) is 0 Å². The molecule has 1 rings (SSSR count). The Morgan fingerprint density at radius 2 is 2.30 bits per heavy atom. The Kier molecular flexibility index (Phi) is 2.50. The molecule has 0 aromatic rings. The highest BCUT2D eigenvalue weighted by Gasteiger charge is 2.21. The second-order valence-corrected chi connectivity index (χ2v) is 3.31. The van der Waals surface area contributed by atoms with Crippen LogP contribution < -0.4 is 0 Å². The van der Waals surface area contributed by atoms with Crippen LogP contribution in [0.15, 0.2) is 12.2 Å². The molecule has 1 nitrogen and oxygen atoms in total. The van der Waals surface area contributed by atoms with Gasteiger partial charge in [0.15, 0.2) is 0 Å². The van der Waals surface area contributed by atoms with Crippen molar-refractivity contribution in [1.82, 2.24) is 0 Å². The summed E-state index contributed by atoms with van der Waals surface area (Å²) < 4.78 is 5.10. The zero-order valence-electron chi connectivity index (χ0n) is 6.89. The monoisotopic (exact) mass is 140 g/mol. The van der Waals surface area contributed by atoms with E-state index in [1.807, 2.05) is 0 Å². The molecular weight excluding hydrogens is 124 g/mol. The summed E-state index contributed by atoms with van der Waals surface area (Å²) in [6.07, 6.45) is 2.88. The summed E-state index contributed by atoms with van der Waals surface area (Å²) in [7, 11) is 0. The molecule has 1 heteroatoms. The van der Waals surface area contributed by atoms with E-state index in [-0.39, 0.29) is 0 Å². The summed E-state index contributed by atoms with van der Waals surface area (Å²) in [5, 5.41) is 0. The molecule has 0 saturated carbocycles. The smallest absolute Gasteiger partial charge is 0.0813 e. The minimum atomic E-state index is 0.565. The molecule has 0 bridgehead atoms. The van der Waals surface area contributed by atoms with Crippen LogP contribution in [0.5, 0.6) is 0 Å². The van der Waals surface area contributed by atoms with Crippen LogP contribution >= 0.6 is 0 Å². The predicted octanol–water partition coefficient (Wildman–Crippen LogP) is 2.38. The Balaban J connectivity index is 2.05. The van der Waals surface area contributed by atoms with Crippen LogP contribution in [0.1, 0.15) is 26.7 Å². The van der Waals surface area contributed by atoms with Crippen molar-refractivity contribution in [3.05, 3.63) is 12.2 Å². The summed E-state index contributed by atoms with van der Waals surface area (Å²) in [5.74, 6) is 0.638. The van der Waals surface area contributed by atoms with Crippen molar-refractivity contribution >= 4 is 0 Å². The number of allylic oxidation sites excluding steroid dienone is 1. The molecule has 0 aromatic carbocycles. The third-order valence-corrected chi connectivity index (χ3v) is 2.01. The lowest BCUT2D eigenvalue weighted by atomic mass is 10.00. The maximum absolute atomic E-state index is 5.10. The fourth-order valence-corrected chi connectivity index (χ4v) is 0.870. The van der Waals surface area contributed by atoms with Gasteiger partial charge in [-0.1, -0.05) is 26.0 Å². The van der Waals surface area contributed by atoms with Crippen molar-refractivity contribution in [2.75, 3.05) is 6.61 Å². The fourth-order valence-electron chi connectivity index (χ4n) is 0.870. The first kappa shape index (κ1) is 7.80. The first-order chi connectivity index (χ1) is 4.70. The van der Waals surface area contributed by atoms with Crippen LogP contribution in [0.3, 0.4) is 0 Å². The SMILES string of the molecule is C=C(CC[C@H]1CO1)C(C)C. The van der Waals surface area contributed by atoms with Crippen molar-refractivity contribution in [3.8, 4) is 0 Å². The molecule has 1 heterocycles. The first-order valence-electron chi connectivity index (χ1n) is 3.99. The van der Waals surface area contributed by atoms with E-state index < -0.39 is 0 Å². The molecule has 58 valence electrons. The van der Waals surface area contributed by atoms with E-state index in [2.05, 4.69) is 20.4 Å². The van der Waals surface area contributed by atoms with E-state index in [9.17, 15) is 0 Å². The van der Waals surface area contributed by atoms with E-state index in [4.69, 9.17) is 4.74 Å². The first-order valence-corrected chi connectivity index (χ1v) is 3.99. The van der Waals surface area contributed by atoms with Gasteiger partial charge in [0.05, 0.1) is 12.7 Å². The van der Waals surface area contributed by atoms with Crippen LogP contribution in [0.2, 0.25) is 0 Å². The predicted molar refractivity (Wildman–Crippen MR) is 43.0 cm³/mol. The Bertz CT molecular complexity index is 123. The molecule has 1 saturated heterocycles. The van der Waals surface area contributed by atoms with Gasteiger partial charge >= 0.3 is 0 Å². The maximum Gasteiger partial charge on any atom is 0.0813 e. The molecule has 0 aliphatic carbocycles. The Morgan fingerprint density at radius 3 is 2.70 bits per heavy atom. The molecule has 1 aliphatic heterocycles. The molecule has 0 N–H and O–H groups in total. The van der Waals surface area contributed by atoms with E-state index in [0.29, 0.717) is 12.0 Å². The molecule has 1 atom stereocenters. The number of hydrogen-bond donors (Lipinski definition) is 0. The summed E-state index contributed by atoms with van der Waals surface area (Å²) in [4.78, 5) is 0. The lowest BCUT2D eigenvalue weighted by Gasteiger charge is -2.06. The third kappa shape index (κ3) is 2.53. The molecule has 0 amide bonds. The van der Waals surface area contributed by atoms with Crippen LogP contribution in [0.4, 0.5) is 0 Å². The van der Waals surface area contributed by atoms with Crippen molar-refractivity contribution in [3.63, 3.8) is 0 Å². The lowest BCUT2D eigenvalue weighted by molar-refractivity contribution is 0.394. The topological polar surface area (TPSA) is 12.5 Å². The van der Waals surface area contributed by atoms with E-state index >= 15 is 0 Å². The molecule has 1 aliphatic rings. The van der Waals surface area contributed by atoms with E-state index in [1.165, 1.54) is 12.0 Å². The highest BCUT2D eigenvalue weighted by Crippen LogP contribution is 2.21. The standard InChI is InChI=1S/C9H16O/c1-7(2)8(3)4-5-9-6-10-9/h7,9H,3-6H2,1-2H3/t9-/m0/s1. The average molecular weight is 140 g/mol. The van der Waals surface area contributed by atoms with Crippen LogP contribution in [0.25, 0.3) is 0 Å². The minimum Gasteiger partial charge on any atom is -0.373 e. The number of hydrogen-bond acceptors (Lipinski definition) is 1. The molecule has 0 radical (unpaired) electrons. The van der Waals surface area contributed by atoms with Gasteiger partial charge in [-0.15, -0.1) is 0 Å². The highest BCUT2D eigenvalue weighted by molar-refractivity contribution is 4.98. The zero-order chi connectivity index (χ0) is 7.56. The fraction of sp³-hybridized carbons (Fsp3) is 0.778. The number of rotatable bonds is 4. The van der Waals surface area contributed by atoms with Gasteiger partial charge in [0, 0.05) is 0 Å². The van der Waals surface area contributed by atoms with Crippen molar-refractivity contribution in [2.24, 2.45) is 5.92 Å². The Labute approximate surface area is 63.1 Å². The second kappa shape index (κ2) is 3.20. The Morgan fingerprint density at radius 1 is 1.70 bits per heavy atom. The zero-order valence-corrected chi connectivity index (χ0v) is 6.89. The van der Waals surface area contributed by atoms with Gasteiger partial charge < -0.3 is 4.74 Å². The maximum atomic E-state index is 5.10. The molecular formula is C9H16O. The second-order valence-electron chi connectivity index (χ2n) is 3.31. The third-order valence-electron chi connectivity index (χ3n) is 2.01. The van der Waals surface area contributed by atoms with E-state index in [0.717, 1.165) is 13.0 Å². The Hall–Kier alpha value is -0.300. The molecule has 10 heavy (non-hydrogen) atoms. The lowest BCUT2D eigenvalue weighted by Crippen LogP contribution is -1.94. The molecule has 0 unspecified atom stereocenters. The van der Waals surface area contributed by atoms with Crippen LogP contribution in [-0.2, 0) is 4.74 Å².